The Morgan fingerprint density at radius 2 is 2.06 bits per heavy atom. The van der Waals surface area contributed by atoms with Gasteiger partial charge < -0.3 is 19.7 Å². The first-order valence-electron chi connectivity index (χ1n) is 12.1. The fourth-order valence-electron chi connectivity index (χ4n) is 4.22. The number of aromatic nitrogens is 4. The molecule has 0 spiro atoms. The molecule has 2 fully saturated rings. The summed E-state index contributed by atoms with van der Waals surface area (Å²) in [5.74, 6) is 1.22. The van der Waals surface area contributed by atoms with Crippen LogP contribution < -0.4 is 20.5 Å². The normalized spacial score (nSPS) is 19.6. The predicted octanol–water partition coefficient (Wildman–Crippen LogP) is 4.31. The first kappa shape index (κ1) is 24.5. The Kier molecular flexibility index (Phi) is 7.06. The van der Waals surface area contributed by atoms with Crippen molar-refractivity contribution in [3.63, 3.8) is 0 Å². The molecule has 190 valence electrons. The molecule has 5 rings (SSSR count). The number of benzene rings is 1. The van der Waals surface area contributed by atoms with E-state index in [1.165, 1.54) is 10.9 Å². The molecule has 3 heterocycles. The van der Waals surface area contributed by atoms with Crippen LogP contribution in [0.2, 0.25) is 5.02 Å². The second-order valence-electron chi connectivity index (χ2n) is 9.01. The van der Waals surface area contributed by atoms with E-state index in [1.807, 2.05) is 19.1 Å². The molecule has 0 bridgehead atoms. The average molecular weight is 515 g/mol. The van der Waals surface area contributed by atoms with E-state index in [9.17, 15) is 9.18 Å². The van der Waals surface area contributed by atoms with Crippen LogP contribution in [-0.4, -0.2) is 57.8 Å². The minimum absolute atomic E-state index is 0.00199. The highest BCUT2D eigenvalue weighted by Gasteiger charge is 2.33. The average Bonchev–Trinajstić information content (AvgIpc) is 3.73. The van der Waals surface area contributed by atoms with E-state index in [0.717, 1.165) is 24.3 Å². The maximum Gasteiger partial charge on any atom is 0.292 e. The number of hydrogen-bond acceptors (Lipinski definition) is 8. The van der Waals surface area contributed by atoms with Crippen molar-refractivity contribution in [2.45, 2.75) is 44.3 Å². The maximum atomic E-state index is 14.8. The van der Waals surface area contributed by atoms with Crippen molar-refractivity contribution in [3.8, 4) is 11.6 Å². The Hall–Kier alpha value is -3.24. The van der Waals surface area contributed by atoms with Gasteiger partial charge >= 0.3 is 0 Å². The monoisotopic (exact) mass is 514 g/mol. The molecule has 36 heavy (non-hydrogen) atoms. The van der Waals surface area contributed by atoms with Gasteiger partial charge in [0.05, 0.1) is 49.7 Å². The SMILES string of the molecule is CCOc1cnc(N(c2ccc(-n3ncc(NC[C@@]4(F)CCCOC4)c(Cl)c3=O)cc2)C2CC2)cn1. The van der Waals surface area contributed by atoms with Crippen LogP contribution in [0.3, 0.4) is 0 Å². The molecule has 1 aromatic carbocycles. The topological polar surface area (TPSA) is 94.4 Å². The molecule has 0 radical (unpaired) electrons. The van der Waals surface area contributed by atoms with Crippen LogP contribution in [-0.2, 0) is 4.74 Å². The third-order valence-electron chi connectivity index (χ3n) is 6.23. The molecule has 0 amide bonds. The molecule has 1 aliphatic heterocycles. The summed E-state index contributed by atoms with van der Waals surface area (Å²) in [6.07, 6.45) is 7.95. The van der Waals surface area contributed by atoms with Crippen molar-refractivity contribution >= 4 is 28.8 Å². The number of halogens is 2. The molecule has 2 aliphatic rings. The van der Waals surface area contributed by atoms with Crippen LogP contribution in [0.1, 0.15) is 32.6 Å². The summed E-state index contributed by atoms with van der Waals surface area (Å²) in [6.45, 7) is 3.01. The minimum Gasteiger partial charge on any atom is -0.477 e. The number of hydrogen-bond donors (Lipinski definition) is 1. The molecule has 1 saturated heterocycles. The smallest absolute Gasteiger partial charge is 0.292 e. The summed E-state index contributed by atoms with van der Waals surface area (Å²) in [5.41, 5.74) is -0.189. The summed E-state index contributed by atoms with van der Waals surface area (Å²) < 4.78 is 26.7. The molecule has 1 saturated carbocycles. The van der Waals surface area contributed by atoms with E-state index >= 15 is 0 Å². The van der Waals surface area contributed by atoms with E-state index < -0.39 is 11.2 Å². The zero-order valence-electron chi connectivity index (χ0n) is 20.0. The van der Waals surface area contributed by atoms with E-state index in [2.05, 4.69) is 25.3 Å². The van der Waals surface area contributed by atoms with Gasteiger partial charge in [-0.25, -0.2) is 14.4 Å². The third-order valence-corrected chi connectivity index (χ3v) is 6.59. The van der Waals surface area contributed by atoms with Gasteiger partial charge in [-0.2, -0.15) is 9.78 Å². The lowest BCUT2D eigenvalue weighted by Crippen LogP contribution is -2.40. The van der Waals surface area contributed by atoms with Gasteiger partial charge in [0.2, 0.25) is 5.88 Å². The number of rotatable bonds is 9. The number of alkyl halides is 1. The molecular formula is C25H28ClFN6O3. The number of nitrogens with one attached hydrogen (secondary N) is 1. The van der Waals surface area contributed by atoms with Gasteiger partial charge in [0.25, 0.3) is 5.56 Å². The summed E-state index contributed by atoms with van der Waals surface area (Å²) >= 11 is 6.33. The summed E-state index contributed by atoms with van der Waals surface area (Å²) in [5, 5.41) is 7.14. The van der Waals surface area contributed by atoms with Crippen molar-refractivity contribution in [1.82, 2.24) is 19.7 Å². The van der Waals surface area contributed by atoms with Crippen molar-refractivity contribution in [2.75, 3.05) is 36.6 Å². The fraction of sp³-hybridized carbons (Fsp3) is 0.440. The van der Waals surface area contributed by atoms with Crippen LogP contribution in [0.25, 0.3) is 5.69 Å². The fourth-order valence-corrected chi connectivity index (χ4v) is 4.42. The Bertz CT molecular complexity index is 1240. The predicted molar refractivity (Wildman–Crippen MR) is 136 cm³/mol. The van der Waals surface area contributed by atoms with Crippen LogP contribution in [0, 0.1) is 0 Å². The Morgan fingerprint density at radius 3 is 2.69 bits per heavy atom. The lowest BCUT2D eigenvalue weighted by atomic mass is 9.99. The van der Waals surface area contributed by atoms with Gasteiger partial charge in [0.15, 0.2) is 11.5 Å². The molecule has 3 aromatic rings. The quantitative estimate of drug-likeness (QED) is 0.451. The Labute approximate surface area is 213 Å². The van der Waals surface area contributed by atoms with E-state index in [0.29, 0.717) is 49.4 Å². The lowest BCUT2D eigenvalue weighted by Gasteiger charge is -2.29. The van der Waals surface area contributed by atoms with Gasteiger partial charge in [-0.1, -0.05) is 11.6 Å². The molecular weight excluding hydrogens is 487 g/mol. The second kappa shape index (κ2) is 10.4. The summed E-state index contributed by atoms with van der Waals surface area (Å²) in [4.78, 5) is 23.9. The first-order valence-corrected chi connectivity index (χ1v) is 12.5. The molecule has 1 atom stereocenters. The van der Waals surface area contributed by atoms with Crippen LogP contribution in [0.4, 0.5) is 21.6 Å². The highest BCUT2D eigenvalue weighted by Crippen LogP contribution is 2.37. The molecule has 0 unspecified atom stereocenters. The second-order valence-corrected chi connectivity index (χ2v) is 9.39. The van der Waals surface area contributed by atoms with E-state index in [4.69, 9.17) is 21.1 Å². The van der Waals surface area contributed by atoms with Gasteiger partial charge in [0, 0.05) is 18.3 Å². The highest BCUT2D eigenvalue weighted by molar-refractivity contribution is 6.32. The van der Waals surface area contributed by atoms with Crippen molar-refractivity contribution in [1.29, 1.82) is 0 Å². The lowest BCUT2D eigenvalue weighted by molar-refractivity contribution is -0.0234. The van der Waals surface area contributed by atoms with E-state index in [1.54, 1.807) is 24.5 Å². The maximum absolute atomic E-state index is 14.8. The molecule has 1 N–H and O–H groups in total. The van der Waals surface area contributed by atoms with Crippen molar-refractivity contribution in [2.24, 2.45) is 0 Å². The largest absolute Gasteiger partial charge is 0.477 e. The highest BCUT2D eigenvalue weighted by atomic mass is 35.5. The third kappa shape index (κ3) is 5.29. The number of ether oxygens (including phenoxy) is 2. The van der Waals surface area contributed by atoms with Crippen molar-refractivity contribution in [3.05, 3.63) is 58.2 Å². The zero-order valence-corrected chi connectivity index (χ0v) is 20.7. The van der Waals surface area contributed by atoms with E-state index in [-0.39, 0.29) is 18.2 Å². The summed E-state index contributed by atoms with van der Waals surface area (Å²) in [7, 11) is 0. The molecule has 11 heteroatoms. The summed E-state index contributed by atoms with van der Waals surface area (Å²) in [6, 6.07) is 7.78. The molecule has 2 aromatic heterocycles. The number of nitrogens with zero attached hydrogens (tertiary/aromatic N) is 5. The van der Waals surface area contributed by atoms with Crippen LogP contribution >= 0.6 is 11.6 Å². The zero-order chi connectivity index (χ0) is 25.1. The minimum atomic E-state index is -1.49. The van der Waals surface area contributed by atoms with Gasteiger partial charge in [-0.15, -0.1) is 0 Å². The van der Waals surface area contributed by atoms with Crippen LogP contribution in [0.5, 0.6) is 5.88 Å². The Morgan fingerprint density at radius 1 is 1.25 bits per heavy atom. The van der Waals surface area contributed by atoms with Gasteiger partial charge in [-0.05, 0) is 56.9 Å². The van der Waals surface area contributed by atoms with Crippen molar-refractivity contribution < 1.29 is 13.9 Å². The standard InChI is InChI=1S/C25H28ClFN6O3/c1-2-36-22-14-28-21(13-29-22)32(17-4-5-17)18-6-8-19(9-7-18)33-24(34)23(26)20(12-31-33)30-15-25(27)10-3-11-35-16-25/h6-9,12-14,17,30H,2-5,10-11,15-16H2,1H3/t25-/m0/s1. The van der Waals surface area contributed by atoms with Crippen LogP contribution in [0.15, 0.2) is 47.7 Å². The first-order chi connectivity index (χ1) is 17.5. The Balaban J connectivity index is 1.33. The van der Waals surface area contributed by atoms with Gasteiger partial charge in [-0.3, -0.25) is 4.79 Å². The molecule has 9 nitrogen and oxygen atoms in total. The molecule has 1 aliphatic carbocycles. The number of anilines is 3. The van der Waals surface area contributed by atoms with Gasteiger partial charge in [0.1, 0.15) is 5.02 Å².